The standard InChI is InChI=1S/C9H13NO3S/c1-6-9(13)8(3-11)7(2-10-6)4-14-5-12/h2,11-13H,3-5H2,1H3. The molecule has 1 aromatic rings. The molecule has 4 nitrogen and oxygen atoms in total. The molecule has 78 valence electrons. The maximum Gasteiger partial charge on any atom is 0.142 e. The molecule has 0 radical (unpaired) electrons. The first-order chi connectivity index (χ1) is 6.70. The molecule has 0 aliphatic carbocycles. The molecule has 0 aromatic carbocycles. The first-order valence-corrected chi connectivity index (χ1v) is 5.32. The normalized spacial score (nSPS) is 10.5. The Kier molecular flexibility index (Phi) is 4.19. The van der Waals surface area contributed by atoms with Gasteiger partial charge in [0.25, 0.3) is 0 Å². The van der Waals surface area contributed by atoms with Gasteiger partial charge in [-0.15, -0.1) is 11.8 Å². The molecule has 1 heterocycles. The van der Waals surface area contributed by atoms with Crippen LogP contribution < -0.4 is 0 Å². The SMILES string of the molecule is Cc1ncc(CSCO)c(CO)c1O. The molecular weight excluding hydrogens is 202 g/mol. The highest BCUT2D eigenvalue weighted by Gasteiger charge is 2.10. The molecule has 0 saturated carbocycles. The number of aryl methyl sites for hydroxylation is 1. The third kappa shape index (κ3) is 2.37. The third-order valence-corrected chi connectivity index (χ3v) is 2.63. The van der Waals surface area contributed by atoms with E-state index in [0.717, 1.165) is 5.56 Å². The molecule has 0 aliphatic rings. The number of thioether (sulfide) groups is 1. The highest BCUT2D eigenvalue weighted by molar-refractivity contribution is 7.98. The van der Waals surface area contributed by atoms with E-state index in [9.17, 15) is 5.11 Å². The predicted molar refractivity (Wildman–Crippen MR) is 54.9 cm³/mol. The second kappa shape index (κ2) is 5.19. The van der Waals surface area contributed by atoms with Crippen LogP contribution in [0.5, 0.6) is 5.75 Å². The number of aromatic nitrogens is 1. The quantitative estimate of drug-likeness (QED) is 0.647. The molecule has 0 aliphatic heterocycles. The number of aliphatic hydroxyl groups excluding tert-OH is 2. The Hall–Kier alpha value is -0.780. The van der Waals surface area contributed by atoms with Gasteiger partial charge in [0.1, 0.15) is 5.75 Å². The van der Waals surface area contributed by atoms with Gasteiger partial charge in [0.05, 0.1) is 18.2 Å². The van der Waals surface area contributed by atoms with Crippen molar-refractivity contribution in [3.05, 3.63) is 23.0 Å². The Balaban J connectivity index is 2.98. The fraction of sp³-hybridized carbons (Fsp3) is 0.444. The van der Waals surface area contributed by atoms with Crippen molar-refractivity contribution in [2.45, 2.75) is 19.3 Å². The number of pyridine rings is 1. The minimum Gasteiger partial charge on any atom is -0.506 e. The molecule has 1 aromatic heterocycles. The average molecular weight is 215 g/mol. The minimum absolute atomic E-state index is 0.0134. The van der Waals surface area contributed by atoms with Crippen LogP contribution in [0.15, 0.2) is 6.20 Å². The summed E-state index contributed by atoms with van der Waals surface area (Å²) in [6.07, 6.45) is 1.61. The first-order valence-electron chi connectivity index (χ1n) is 4.16. The number of rotatable bonds is 4. The number of hydrogen-bond acceptors (Lipinski definition) is 5. The summed E-state index contributed by atoms with van der Waals surface area (Å²) in [6.45, 7) is 1.47. The van der Waals surface area contributed by atoms with Gasteiger partial charge in [-0.05, 0) is 12.5 Å². The number of aromatic hydroxyl groups is 1. The van der Waals surface area contributed by atoms with Crippen LogP contribution in [0.1, 0.15) is 16.8 Å². The molecule has 0 amide bonds. The molecule has 0 atom stereocenters. The van der Waals surface area contributed by atoms with Gasteiger partial charge in [-0.3, -0.25) is 4.98 Å². The van der Waals surface area contributed by atoms with Gasteiger partial charge in [-0.2, -0.15) is 0 Å². The average Bonchev–Trinajstić information content (AvgIpc) is 2.20. The second-order valence-corrected chi connectivity index (χ2v) is 3.79. The van der Waals surface area contributed by atoms with Crippen LogP contribution in [0.3, 0.4) is 0 Å². The van der Waals surface area contributed by atoms with E-state index in [4.69, 9.17) is 10.2 Å². The molecule has 14 heavy (non-hydrogen) atoms. The third-order valence-electron chi connectivity index (χ3n) is 1.94. The Morgan fingerprint density at radius 2 is 2.14 bits per heavy atom. The van der Waals surface area contributed by atoms with Gasteiger partial charge in [0.2, 0.25) is 0 Å². The number of hydrogen-bond donors (Lipinski definition) is 3. The summed E-state index contributed by atoms with van der Waals surface area (Å²) in [5, 5.41) is 27.3. The fourth-order valence-electron chi connectivity index (χ4n) is 1.14. The number of aliphatic hydroxyl groups is 2. The lowest BCUT2D eigenvalue weighted by atomic mass is 10.1. The summed E-state index contributed by atoms with van der Waals surface area (Å²) in [7, 11) is 0. The Bertz CT molecular complexity index is 317. The molecular formula is C9H13NO3S. The molecule has 0 fully saturated rings. The summed E-state index contributed by atoms with van der Waals surface area (Å²) in [6, 6.07) is 0. The summed E-state index contributed by atoms with van der Waals surface area (Å²) >= 11 is 1.30. The van der Waals surface area contributed by atoms with Crippen molar-refractivity contribution in [2.24, 2.45) is 0 Å². The summed E-state index contributed by atoms with van der Waals surface area (Å²) < 4.78 is 0. The van der Waals surface area contributed by atoms with E-state index in [-0.39, 0.29) is 18.3 Å². The van der Waals surface area contributed by atoms with Crippen LogP contribution in [0.4, 0.5) is 0 Å². The lowest BCUT2D eigenvalue weighted by molar-refractivity contribution is 0.274. The molecule has 5 heteroatoms. The summed E-state index contributed by atoms with van der Waals surface area (Å²) in [5.41, 5.74) is 1.76. The Morgan fingerprint density at radius 3 is 2.71 bits per heavy atom. The largest absolute Gasteiger partial charge is 0.506 e. The van der Waals surface area contributed by atoms with E-state index in [1.54, 1.807) is 13.1 Å². The van der Waals surface area contributed by atoms with Crippen molar-refractivity contribution in [1.82, 2.24) is 4.98 Å². The van der Waals surface area contributed by atoms with Crippen LogP contribution in [0.25, 0.3) is 0 Å². The smallest absolute Gasteiger partial charge is 0.142 e. The van der Waals surface area contributed by atoms with Crippen molar-refractivity contribution in [2.75, 3.05) is 5.94 Å². The summed E-state index contributed by atoms with van der Waals surface area (Å²) in [5.74, 6) is 0.593. The Morgan fingerprint density at radius 1 is 1.43 bits per heavy atom. The molecule has 3 N–H and O–H groups in total. The lowest BCUT2D eigenvalue weighted by Crippen LogP contribution is -1.97. The van der Waals surface area contributed by atoms with Crippen LogP contribution in [-0.4, -0.2) is 26.2 Å². The molecule has 0 saturated heterocycles. The molecule has 1 rings (SSSR count). The van der Waals surface area contributed by atoms with Crippen molar-refractivity contribution >= 4 is 11.8 Å². The van der Waals surface area contributed by atoms with E-state index in [1.807, 2.05) is 0 Å². The van der Waals surface area contributed by atoms with Gasteiger partial charge in [0, 0.05) is 17.5 Å². The predicted octanol–water partition coefficient (Wildman–Crippen LogP) is 0.771. The minimum atomic E-state index is -0.212. The van der Waals surface area contributed by atoms with Crippen molar-refractivity contribution in [3.8, 4) is 5.75 Å². The van der Waals surface area contributed by atoms with Gasteiger partial charge in [-0.25, -0.2) is 0 Å². The van der Waals surface area contributed by atoms with Crippen LogP contribution in [0.2, 0.25) is 0 Å². The van der Waals surface area contributed by atoms with E-state index >= 15 is 0 Å². The van der Waals surface area contributed by atoms with Gasteiger partial charge in [0.15, 0.2) is 0 Å². The van der Waals surface area contributed by atoms with Crippen LogP contribution in [0, 0.1) is 6.92 Å². The van der Waals surface area contributed by atoms with Gasteiger partial charge in [-0.1, -0.05) is 0 Å². The zero-order valence-corrected chi connectivity index (χ0v) is 8.71. The molecule has 0 bridgehead atoms. The van der Waals surface area contributed by atoms with Crippen LogP contribution in [-0.2, 0) is 12.4 Å². The highest BCUT2D eigenvalue weighted by Crippen LogP contribution is 2.26. The zero-order valence-electron chi connectivity index (χ0n) is 7.90. The van der Waals surface area contributed by atoms with Gasteiger partial charge >= 0.3 is 0 Å². The maximum atomic E-state index is 9.58. The Labute approximate surface area is 86.6 Å². The second-order valence-electron chi connectivity index (χ2n) is 2.83. The highest BCUT2D eigenvalue weighted by atomic mass is 32.2. The van der Waals surface area contributed by atoms with Crippen molar-refractivity contribution in [3.63, 3.8) is 0 Å². The van der Waals surface area contributed by atoms with Crippen LogP contribution >= 0.6 is 11.8 Å². The fourth-order valence-corrected chi connectivity index (χ4v) is 1.70. The van der Waals surface area contributed by atoms with E-state index < -0.39 is 0 Å². The monoisotopic (exact) mass is 215 g/mol. The van der Waals surface area contributed by atoms with Gasteiger partial charge < -0.3 is 15.3 Å². The van der Waals surface area contributed by atoms with E-state index in [0.29, 0.717) is 17.0 Å². The maximum absolute atomic E-state index is 9.58. The van der Waals surface area contributed by atoms with Crippen molar-refractivity contribution < 1.29 is 15.3 Å². The lowest BCUT2D eigenvalue weighted by Gasteiger charge is -2.09. The zero-order chi connectivity index (χ0) is 10.6. The summed E-state index contributed by atoms with van der Waals surface area (Å²) in [4.78, 5) is 3.98. The topological polar surface area (TPSA) is 73.6 Å². The molecule has 0 unspecified atom stereocenters. The molecule has 0 spiro atoms. The van der Waals surface area contributed by atoms with E-state index in [1.165, 1.54) is 11.8 Å². The van der Waals surface area contributed by atoms with E-state index in [2.05, 4.69) is 4.98 Å². The van der Waals surface area contributed by atoms with Crippen molar-refractivity contribution in [1.29, 1.82) is 0 Å². The number of nitrogens with zero attached hydrogens (tertiary/aromatic N) is 1. The first kappa shape index (κ1) is 11.3.